The Balaban J connectivity index is 0.00000180. The van der Waals surface area contributed by atoms with Crippen LogP contribution in [-0.4, -0.2) is 18.4 Å². The van der Waals surface area contributed by atoms with Crippen LogP contribution in [0.15, 0.2) is 29.3 Å². The molecular weight excluding hydrogens is 363 g/mol. The van der Waals surface area contributed by atoms with E-state index in [2.05, 4.69) is 17.2 Å². The Morgan fingerprint density at radius 2 is 2.26 bits per heavy atom. The van der Waals surface area contributed by atoms with Gasteiger partial charge in [0.15, 0.2) is 5.96 Å². The van der Waals surface area contributed by atoms with Crippen molar-refractivity contribution in [3.63, 3.8) is 0 Å². The highest BCUT2D eigenvalue weighted by atomic mass is 127. The molecule has 0 bridgehead atoms. The lowest BCUT2D eigenvalue weighted by molar-refractivity contribution is 0.121. The maximum Gasteiger partial charge on any atom is 0.243 e. The van der Waals surface area contributed by atoms with Crippen molar-refractivity contribution in [2.75, 3.05) is 5.32 Å². The maximum absolute atomic E-state index is 12.3. The largest absolute Gasteiger partial charge is 0.370 e. The molecule has 1 saturated carbocycles. The van der Waals surface area contributed by atoms with Crippen molar-refractivity contribution in [2.45, 2.75) is 32.2 Å². The van der Waals surface area contributed by atoms with E-state index < -0.39 is 12.3 Å². The molecule has 0 heterocycles. The number of benzene rings is 1. The Bertz CT molecular complexity index is 451. The monoisotopic (exact) mass is 381 g/mol. The number of rotatable bonds is 4. The lowest BCUT2D eigenvalue weighted by Crippen LogP contribution is -2.23. The standard InChI is InChI=1S/C13H17F2N3.HI/c1-2-8-4-3-5-9(6-8)17-13(16)18-11-7-10(11)12(14)15;/h3-6,10-12H,2,7H2,1H3,(H3,16,17,18);1H/t10-,11-;/m0./s1. The Labute approximate surface area is 128 Å². The van der Waals surface area contributed by atoms with Gasteiger partial charge >= 0.3 is 0 Å². The Morgan fingerprint density at radius 3 is 2.84 bits per heavy atom. The van der Waals surface area contributed by atoms with E-state index in [4.69, 9.17) is 5.73 Å². The molecular formula is C13H18F2IN3. The van der Waals surface area contributed by atoms with Crippen LogP contribution in [0.4, 0.5) is 14.5 Å². The summed E-state index contributed by atoms with van der Waals surface area (Å²) < 4.78 is 24.6. The molecule has 3 N–H and O–H groups in total. The molecule has 1 aromatic rings. The summed E-state index contributed by atoms with van der Waals surface area (Å²) >= 11 is 0. The van der Waals surface area contributed by atoms with Crippen molar-refractivity contribution in [3.8, 4) is 0 Å². The number of nitrogens with one attached hydrogen (secondary N) is 1. The van der Waals surface area contributed by atoms with Gasteiger partial charge in [0, 0.05) is 11.6 Å². The van der Waals surface area contributed by atoms with Crippen LogP contribution in [0.3, 0.4) is 0 Å². The highest BCUT2D eigenvalue weighted by Crippen LogP contribution is 2.38. The summed E-state index contributed by atoms with van der Waals surface area (Å²) in [6.07, 6.45) is -0.937. The number of halogens is 3. The van der Waals surface area contributed by atoms with Crippen molar-refractivity contribution >= 4 is 35.6 Å². The van der Waals surface area contributed by atoms with Crippen molar-refractivity contribution in [3.05, 3.63) is 29.8 Å². The van der Waals surface area contributed by atoms with E-state index in [1.165, 1.54) is 5.56 Å². The molecule has 1 aliphatic rings. The van der Waals surface area contributed by atoms with Gasteiger partial charge in [-0.3, -0.25) is 0 Å². The number of nitrogens with zero attached hydrogens (tertiary/aromatic N) is 1. The summed E-state index contributed by atoms with van der Waals surface area (Å²) in [6.45, 7) is 2.06. The van der Waals surface area contributed by atoms with Gasteiger partial charge in [-0.1, -0.05) is 19.1 Å². The van der Waals surface area contributed by atoms with Crippen LogP contribution in [-0.2, 0) is 6.42 Å². The van der Waals surface area contributed by atoms with Crippen LogP contribution in [0.1, 0.15) is 18.9 Å². The van der Waals surface area contributed by atoms with Crippen LogP contribution in [0, 0.1) is 5.92 Å². The van der Waals surface area contributed by atoms with Crippen LogP contribution in [0.2, 0.25) is 0 Å². The summed E-state index contributed by atoms with van der Waals surface area (Å²) in [5.41, 5.74) is 7.72. The summed E-state index contributed by atoms with van der Waals surface area (Å²) in [5.74, 6) is -0.413. The molecule has 0 unspecified atom stereocenters. The second-order valence-corrected chi connectivity index (χ2v) is 4.49. The number of hydrogen-bond donors (Lipinski definition) is 2. The predicted octanol–water partition coefficient (Wildman–Crippen LogP) is 3.25. The number of guanidine groups is 1. The molecule has 0 radical (unpaired) electrons. The topological polar surface area (TPSA) is 50.4 Å². The van der Waals surface area contributed by atoms with Crippen molar-refractivity contribution in [1.82, 2.24) is 0 Å². The molecule has 0 spiro atoms. The molecule has 1 fully saturated rings. The maximum atomic E-state index is 12.3. The number of alkyl halides is 2. The van der Waals surface area contributed by atoms with Crippen LogP contribution in [0.25, 0.3) is 0 Å². The lowest BCUT2D eigenvalue weighted by atomic mass is 10.1. The third-order valence-corrected chi connectivity index (χ3v) is 3.04. The smallest absolute Gasteiger partial charge is 0.243 e. The first-order valence-corrected chi connectivity index (χ1v) is 6.07. The van der Waals surface area contributed by atoms with E-state index in [0.29, 0.717) is 6.42 Å². The number of aryl methyl sites for hydroxylation is 1. The first-order chi connectivity index (χ1) is 8.60. The van der Waals surface area contributed by atoms with Gasteiger partial charge in [-0.15, -0.1) is 24.0 Å². The van der Waals surface area contributed by atoms with E-state index in [-0.39, 0.29) is 36.0 Å². The van der Waals surface area contributed by atoms with Gasteiger partial charge in [0.2, 0.25) is 6.43 Å². The highest BCUT2D eigenvalue weighted by molar-refractivity contribution is 14.0. The van der Waals surface area contributed by atoms with Gasteiger partial charge in [-0.05, 0) is 30.5 Å². The fourth-order valence-electron chi connectivity index (χ4n) is 1.85. The van der Waals surface area contributed by atoms with Gasteiger partial charge in [0.25, 0.3) is 0 Å². The zero-order chi connectivity index (χ0) is 13.1. The third-order valence-electron chi connectivity index (χ3n) is 3.04. The molecule has 2 rings (SSSR count). The normalized spacial score (nSPS) is 22.0. The zero-order valence-electron chi connectivity index (χ0n) is 10.6. The third kappa shape index (κ3) is 4.59. The van der Waals surface area contributed by atoms with E-state index in [9.17, 15) is 8.78 Å². The lowest BCUT2D eigenvalue weighted by Gasteiger charge is -2.07. The molecule has 19 heavy (non-hydrogen) atoms. The van der Waals surface area contributed by atoms with Gasteiger partial charge in [-0.25, -0.2) is 13.8 Å². The number of hydrogen-bond acceptors (Lipinski definition) is 1. The molecule has 106 valence electrons. The van der Waals surface area contributed by atoms with Crippen molar-refractivity contribution < 1.29 is 8.78 Å². The average molecular weight is 381 g/mol. The minimum absolute atomic E-state index is 0. The second kappa shape index (κ2) is 7.02. The van der Waals surface area contributed by atoms with Crippen LogP contribution in [0.5, 0.6) is 0 Å². The predicted molar refractivity (Wildman–Crippen MR) is 84.4 cm³/mol. The van der Waals surface area contributed by atoms with Gasteiger partial charge in [0.1, 0.15) is 0 Å². The first-order valence-electron chi connectivity index (χ1n) is 6.07. The van der Waals surface area contributed by atoms with Gasteiger partial charge < -0.3 is 11.1 Å². The summed E-state index contributed by atoms with van der Waals surface area (Å²) in [6, 6.07) is 7.46. The Morgan fingerprint density at radius 1 is 1.53 bits per heavy atom. The molecule has 0 aromatic heterocycles. The summed E-state index contributed by atoms with van der Waals surface area (Å²) in [7, 11) is 0. The molecule has 1 aliphatic carbocycles. The van der Waals surface area contributed by atoms with E-state index >= 15 is 0 Å². The Kier molecular flexibility index (Phi) is 5.96. The van der Waals surface area contributed by atoms with E-state index in [1.54, 1.807) is 0 Å². The molecule has 2 atom stereocenters. The van der Waals surface area contributed by atoms with Gasteiger partial charge in [-0.2, -0.15) is 0 Å². The fraction of sp³-hybridized carbons (Fsp3) is 0.462. The molecule has 0 saturated heterocycles. The summed E-state index contributed by atoms with van der Waals surface area (Å²) in [4.78, 5) is 4.05. The number of aliphatic imine (C=N–C) groups is 1. The minimum atomic E-state index is -2.30. The zero-order valence-corrected chi connectivity index (χ0v) is 13.0. The number of anilines is 1. The molecule has 0 aliphatic heterocycles. The van der Waals surface area contributed by atoms with Gasteiger partial charge in [0.05, 0.1) is 6.04 Å². The van der Waals surface area contributed by atoms with Crippen LogP contribution >= 0.6 is 24.0 Å². The highest BCUT2D eigenvalue weighted by Gasteiger charge is 2.44. The quantitative estimate of drug-likeness (QED) is 0.478. The first kappa shape index (κ1) is 16.1. The number of nitrogens with two attached hydrogens (primary N) is 1. The van der Waals surface area contributed by atoms with Crippen molar-refractivity contribution in [2.24, 2.45) is 16.6 Å². The Hall–Kier alpha value is -0.920. The molecule has 0 amide bonds. The van der Waals surface area contributed by atoms with E-state index in [0.717, 1.165) is 12.1 Å². The van der Waals surface area contributed by atoms with E-state index in [1.807, 2.05) is 24.3 Å². The molecule has 1 aromatic carbocycles. The molecule has 6 heteroatoms. The average Bonchev–Trinajstić information content (AvgIpc) is 3.08. The summed E-state index contributed by atoms with van der Waals surface area (Å²) in [5, 5.41) is 2.93. The second-order valence-electron chi connectivity index (χ2n) is 4.49. The SMILES string of the molecule is CCc1cccc(NC(N)=N[C@H]2C[C@@H]2C(F)F)c1.I. The minimum Gasteiger partial charge on any atom is -0.370 e. The fourth-order valence-corrected chi connectivity index (χ4v) is 1.85. The van der Waals surface area contributed by atoms with Crippen LogP contribution < -0.4 is 11.1 Å². The van der Waals surface area contributed by atoms with Crippen molar-refractivity contribution in [1.29, 1.82) is 0 Å². The molecule has 3 nitrogen and oxygen atoms in total.